The zero-order valence-electron chi connectivity index (χ0n) is 20.9. The topological polar surface area (TPSA) is 102 Å². The molecule has 1 atom stereocenters. The SMILES string of the molecule is COc1ccccc1N(C(=O)Cn1nnc(-c2ccc(F)cc2)n1)C(C(=O)NC(C)(C)C)c1cccs1. The smallest absolute Gasteiger partial charge is 0.251 e. The van der Waals surface area contributed by atoms with Crippen molar-refractivity contribution >= 4 is 28.8 Å². The third kappa shape index (κ3) is 6.18. The summed E-state index contributed by atoms with van der Waals surface area (Å²) in [6, 6.07) is 15.3. The maximum Gasteiger partial charge on any atom is 0.251 e. The van der Waals surface area contributed by atoms with Gasteiger partial charge in [-0.1, -0.05) is 18.2 Å². The molecule has 0 fully saturated rings. The lowest BCUT2D eigenvalue weighted by molar-refractivity contribution is -0.128. The lowest BCUT2D eigenvalue weighted by atomic mass is 10.1. The van der Waals surface area contributed by atoms with Crippen LogP contribution in [0.1, 0.15) is 31.7 Å². The van der Waals surface area contributed by atoms with Crippen molar-refractivity contribution in [3.8, 4) is 17.1 Å². The number of hydrogen-bond acceptors (Lipinski definition) is 7. The van der Waals surface area contributed by atoms with E-state index in [0.717, 1.165) is 4.80 Å². The first kappa shape index (κ1) is 26.0. The van der Waals surface area contributed by atoms with Gasteiger partial charge >= 0.3 is 0 Å². The Labute approximate surface area is 217 Å². The van der Waals surface area contributed by atoms with Crippen molar-refractivity contribution in [2.24, 2.45) is 0 Å². The van der Waals surface area contributed by atoms with Crippen molar-refractivity contribution in [2.75, 3.05) is 12.0 Å². The minimum atomic E-state index is -0.969. The van der Waals surface area contributed by atoms with Crippen LogP contribution in [-0.4, -0.2) is 44.7 Å². The van der Waals surface area contributed by atoms with Gasteiger partial charge < -0.3 is 10.1 Å². The number of rotatable bonds is 8. The number of carbonyl (C=O) groups excluding carboxylic acids is 2. The highest BCUT2D eigenvalue weighted by Crippen LogP contribution is 2.36. The number of halogens is 1. The van der Waals surface area contributed by atoms with E-state index in [2.05, 4.69) is 20.7 Å². The Kier molecular flexibility index (Phi) is 7.63. The molecule has 0 aliphatic rings. The fourth-order valence-corrected chi connectivity index (χ4v) is 4.54. The average Bonchev–Trinajstić information content (AvgIpc) is 3.54. The van der Waals surface area contributed by atoms with Crippen LogP contribution < -0.4 is 15.0 Å². The molecule has 2 amide bonds. The minimum Gasteiger partial charge on any atom is -0.495 e. The summed E-state index contributed by atoms with van der Waals surface area (Å²) in [6.07, 6.45) is 0. The highest BCUT2D eigenvalue weighted by molar-refractivity contribution is 7.10. The molecule has 0 aliphatic carbocycles. The normalized spacial score (nSPS) is 12.1. The van der Waals surface area contributed by atoms with E-state index in [9.17, 15) is 14.0 Å². The van der Waals surface area contributed by atoms with Gasteiger partial charge in [0.15, 0.2) is 0 Å². The van der Waals surface area contributed by atoms with Crippen molar-refractivity contribution < 1.29 is 18.7 Å². The fraction of sp³-hybridized carbons (Fsp3) is 0.269. The summed E-state index contributed by atoms with van der Waals surface area (Å²) in [5.74, 6) is -0.494. The Morgan fingerprint density at radius 1 is 1.11 bits per heavy atom. The number of tetrazole rings is 1. The summed E-state index contributed by atoms with van der Waals surface area (Å²) < 4.78 is 18.8. The average molecular weight is 523 g/mol. The van der Waals surface area contributed by atoms with Crippen molar-refractivity contribution in [1.29, 1.82) is 0 Å². The Bertz CT molecular complexity index is 1370. The molecule has 0 aliphatic heterocycles. The van der Waals surface area contributed by atoms with E-state index in [1.54, 1.807) is 24.3 Å². The van der Waals surface area contributed by atoms with Crippen molar-refractivity contribution in [3.63, 3.8) is 0 Å². The second-order valence-electron chi connectivity index (χ2n) is 9.24. The largest absolute Gasteiger partial charge is 0.495 e. The number of aromatic nitrogens is 4. The lowest BCUT2D eigenvalue weighted by Gasteiger charge is -2.33. The number of hydrogen-bond donors (Lipinski definition) is 1. The molecule has 0 bridgehead atoms. The molecule has 9 nitrogen and oxygen atoms in total. The molecule has 11 heteroatoms. The van der Waals surface area contributed by atoms with Crippen LogP contribution in [0.3, 0.4) is 0 Å². The first-order chi connectivity index (χ1) is 17.7. The number of carbonyl (C=O) groups is 2. The molecule has 0 saturated heterocycles. The quantitative estimate of drug-likeness (QED) is 0.371. The monoisotopic (exact) mass is 522 g/mol. The number of amides is 2. The van der Waals surface area contributed by atoms with Crippen LogP contribution in [0.5, 0.6) is 5.75 Å². The summed E-state index contributed by atoms with van der Waals surface area (Å²) >= 11 is 1.37. The van der Waals surface area contributed by atoms with E-state index >= 15 is 0 Å². The number of anilines is 1. The van der Waals surface area contributed by atoms with E-state index in [1.165, 1.54) is 47.6 Å². The fourth-order valence-electron chi connectivity index (χ4n) is 3.73. The molecule has 2 heterocycles. The molecular formula is C26H27FN6O3S. The number of nitrogens with one attached hydrogen (secondary N) is 1. The number of thiophene rings is 1. The van der Waals surface area contributed by atoms with Gasteiger partial charge in [0, 0.05) is 16.0 Å². The Balaban J connectivity index is 1.73. The number of para-hydroxylation sites is 2. The van der Waals surface area contributed by atoms with Crippen LogP contribution in [0.2, 0.25) is 0 Å². The van der Waals surface area contributed by atoms with E-state index in [0.29, 0.717) is 21.9 Å². The molecule has 2 aromatic carbocycles. The van der Waals surface area contributed by atoms with Crippen LogP contribution in [-0.2, 0) is 16.1 Å². The van der Waals surface area contributed by atoms with E-state index in [1.807, 2.05) is 38.3 Å². The Morgan fingerprint density at radius 2 is 1.84 bits per heavy atom. The summed E-state index contributed by atoms with van der Waals surface area (Å²) in [5.41, 5.74) is 0.457. The maximum atomic E-state index is 13.9. The van der Waals surface area contributed by atoms with Gasteiger partial charge in [-0.15, -0.1) is 21.5 Å². The Morgan fingerprint density at radius 3 is 2.49 bits per heavy atom. The Hall–Kier alpha value is -4.12. The van der Waals surface area contributed by atoms with Crippen LogP contribution in [0.25, 0.3) is 11.4 Å². The predicted molar refractivity (Wildman–Crippen MR) is 139 cm³/mol. The van der Waals surface area contributed by atoms with Crippen LogP contribution in [0.4, 0.5) is 10.1 Å². The summed E-state index contributed by atoms with van der Waals surface area (Å²) in [7, 11) is 1.50. The first-order valence-electron chi connectivity index (χ1n) is 11.5. The van der Waals surface area contributed by atoms with Gasteiger partial charge in [-0.25, -0.2) is 4.39 Å². The van der Waals surface area contributed by atoms with Crippen molar-refractivity contribution in [1.82, 2.24) is 25.5 Å². The number of ether oxygens (including phenoxy) is 1. The van der Waals surface area contributed by atoms with Crippen molar-refractivity contribution in [2.45, 2.75) is 38.9 Å². The van der Waals surface area contributed by atoms with Gasteiger partial charge in [0.05, 0.1) is 12.8 Å². The van der Waals surface area contributed by atoms with Gasteiger partial charge in [0.2, 0.25) is 11.7 Å². The number of methoxy groups -OCH3 is 1. The molecular weight excluding hydrogens is 495 g/mol. The van der Waals surface area contributed by atoms with Crippen LogP contribution in [0.15, 0.2) is 66.0 Å². The summed E-state index contributed by atoms with van der Waals surface area (Å²) in [4.78, 5) is 30.8. The van der Waals surface area contributed by atoms with E-state index < -0.39 is 17.5 Å². The van der Waals surface area contributed by atoms with E-state index in [-0.39, 0.29) is 24.1 Å². The molecule has 0 saturated carbocycles. The second-order valence-corrected chi connectivity index (χ2v) is 10.2. The zero-order valence-corrected chi connectivity index (χ0v) is 21.7. The van der Waals surface area contributed by atoms with Gasteiger partial charge in [-0.3, -0.25) is 14.5 Å². The molecule has 2 aromatic heterocycles. The van der Waals surface area contributed by atoms with E-state index in [4.69, 9.17) is 4.74 Å². The highest BCUT2D eigenvalue weighted by Gasteiger charge is 2.36. The van der Waals surface area contributed by atoms with Crippen LogP contribution in [0, 0.1) is 5.82 Å². The molecule has 37 heavy (non-hydrogen) atoms. The van der Waals surface area contributed by atoms with Gasteiger partial charge in [-0.05, 0) is 73.8 Å². The standard InChI is InChI=1S/C26H27FN6O3S/c1-26(2,3)28-25(35)23(21-10-7-15-37-21)33(19-8-5-6-9-20(19)36-4)22(34)16-32-30-24(29-31-32)17-11-13-18(27)14-12-17/h5-15,23H,16H2,1-4H3,(H,28,35). The van der Waals surface area contributed by atoms with Gasteiger partial charge in [0.1, 0.15) is 24.2 Å². The van der Waals surface area contributed by atoms with Gasteiger partial charge in [0.25, 0.3) is 5.91 Å². The number of nitrogens with zero attached hydrogens (tertiary/aromatic N) is 5. The molecule has 192 valence electrons. The molecule has 4 aromatic rings. The van der Waals surface area contributed by atoms with Crippen LogP contribution >= 0.6 is 11.3 Å². The maximum absolute atomic E-state index is 13.9. The van der Waals surface area contributed by atoms with Gasteiger partial charge in [-0.2, -0.15) is 4.80 Å². The highest BCUT2D eigenvalue weighted by atomic mass is 32.1. The molecule has 1 N–H and O–H groups in total. The third-order valence-corrected chi connectivity index (χ3v) is 6.19. The molecule has 0 spiro atoms. The zero-order chi connectivity index (χ0) is 26.6. The lowest BCUT2D eigenvalue weighted by Crippen LogP contribution is -2.50. The predicted octanol–water partition coefficient (Wildman–Crippen LogP) is 4.24. The van der Waals surface area contributed by atoms with Crippen molar-refractivity contribution in [3.05, 3.63) is 76.7 Å². The molecule has 1 unspecified atom stereocenters. The molecule has 0 radical (unpaired) electrons. The first-order valence-corrected chi connectivity index (χ1v) is 12.4. The second kappa shape index (κ2) is 10.9. The third-order valence-electron chi connectivity index (χ3n) is 5.26. The molecule has 4 rings (SSSR count). The summed E-state index contributed by atoms with van der Waals surface area (Å²) in [6.45, 7) is 5.34. The minimum absolute atomic E-state index is 0.247. The number of benzene rings is 2. The summed E-state index contributed by atoms with van der Waals surface area (Å²) in [5, 5.41) is 17.1.